The molecule has 20 heavy (non-hydrogen) atoms. The Morgan fingerprint density at radius 3 is 2.90 bits per heavy atom. The van der Waals surface area contributed by atoms with E-state index >= 15 is 0 Å². The summed E-state index contributed by atoms with van der Waals surface area (Å²) in [6, 6.07) is 0. The normalized spacial score (nSPS) is 24.1. The first kappa shape index (κ1) is 12.7. The number of piperidine rings is 1. The molecular formula is C14H21N5S. The third kappa shape index (κ3) is 2.35. The highest BCUT2D eigenvalue weighted by Crippen LogP contribution is 2.35. The lowest BCUT2D eigenvalue weighted by Crippen LogP contribution is -2.29. The zero-order valence-electron chi connectivity index (χ0n) is 11.7. The van der Waals surface area contributed by atoms with Gasteiger partial charge in [-0.2, -0.15) is 9.61 Å². The van der Waals surface area contributed by atoms with Crippen LogP contribution in [-0.2, 0) is 6.42 Å². The van der Waals surface area contributed by atoms with E-state index < -0.39 is 0 Å². The molecular weight excluding hydrogens is 270 g/mol. The predicted molar refractivity (Wildman–Crippen MR) is 79.2 cm³/mol. The first-order chi connectivity index (χ1) is 9.90. The summed E-state index contributed by atoms with van der Waals surface area (Å²) in [5.41, 5.74) is 0. The molecule has 2 aliphatic rings. The molecule has 3 heterocycles. The van der Waals surface area contributed by atoms with Crippen molar-refractivity contribution in [1.82, 2.24) is 25.1 Å². The molecule has 0 bridgehead atoms. The average molecular weight is 291 g/mol. The van der Waals surface area contributed by atoms with E-state index in [2.05, 4.69) is 15.5 Å². The van der Waals surface area contributed by atoms with Gasteiger partial charge in [0.15, 0.2) is 5.82 Å². The number of rotatable bonds is 4. The largest absolute Gasteiger partial charge is 0.316 e. The SMILES string of the molecule is C1CNCC(CCc2nn3c(C4CCC4)nnc3s2)C1. The molecule has 6 heteroatoms. The number of fused-ring (bicyclic) bond motifs is 1. The zero-order chi connectivity index (χ0) is 13.4. The second-order valence-corrected chi connectivity index (χ2v) is 7.17. The molecule has 4 rings (SSSR count). The van der Waals surface area contributed by atoms with Crippen LogP contribution in [0.5, 0.6) is 0 Å². The van der Waals surface area contributed by atoms with E-state index in [9.17, 15) is 0 Å². The molecule has 1 unspecified atom stereocenters. The monoisotopic (exact) mass is 291 g/mol. The van der Waals surface area contributed by atoms with Gasteiger partial charge < -0.3 is 5.32 Å². The Morgan fingerprint density at radius 1 is 1.20 bits per heavy atom. The molecule has 0 radical (unpaired) electrons. The number of hydrogen-bond acceptors (Lipinski definition) is 5. The summed E-state index contributed by atoms with van der Waals surface area (Å²) in [4.78, 5) is 0.976. The van der Waals surface area contributed by atoms with Crippen LogP contribution in [0.2, 0.25) is 0 Å². The van der Waals surface area contributed by atoms with Crippen molar-refractivity contribution in [3.05, 3.63) is 10.8 Å². The number of nitrogens with zero attached hydrogens (tertiary/aromatic N) is 4. The lowest BCUT2D eigenvalue weighted by Gasteiger charge is -2.22. The lowest BCUT2D eigenvalue weighted by molar-refractivity contribution is 0.357. The molecule has 2 aromatic heterocycles. The molecule has 1 saturated heterocycles. The van der Waals surface area contributed by atoms with Crippen LogP contribution in [0.3, 0.4) is 0 Å². The molecule has 2 fully saturated rings. The van der Waals surface area contributed by atoms with Crippen LogP contribution >= 0.6 is 11.3 Å². The quantitative estimate of drug-likeness (QED) is 0.939. The Bertz CT molecular complexity index is 579. The van der Waals surface area contributed by atoms with Gasteiger partial charge >= 0.3 is 0 Å². The van der Waals surface area contributed by atoms with Crippen molar-refractivity contribution < 1.29 is 0 Å². The van der Waals surface area contributed by atoms with Crippen LogP contribution in [0.4, 0.5) is 0 Å². The highest BCUT2D eigenvalue weighted by atomic mass is 32.1. The molecule has 2 aromatic rings. The molecule has 1 aliphatic heterocycles. The Morgan fingerprint density at radius 2 is 2.15 bits per heavy atom. The highest BCUT2D eigenvalue weighted by molar-refractivity contribution is 7.16. The van der Waals surface area contributed by atoms with Gasteiger partial charge in [0.25, 0.3) is 0 Å². The third-order valence-corrected chi connectivity index (χ3v) is 5.65. The van der Waals surface area contributed by atoms with Crippen molar-refractivity contribution in [1.29, 1.82) is 0 Å². The van der Waals surface area contributed by atoms with Crippen LogP contribution in [-0.4, -0.2) is 32.9 Å². The molecule has 0 spiro atoms. The van der Waals surface area contributed by atoms with E-state index in [1.807, 2.05) is 4.52 Å². The molecule has 0 aromatic carbocycles. The standard InChI is InChI=1S/C14H21N5S/c1-4-11(5-1)13-16-17-14-19(13)18-12(20-14)7-6-10-3-2-8-15-9-10/h10-11,15H,1-9H2. The number of aryl methyl sites for hydroxylation is 1. The molecule has 1 atom stereocenters. The summed E-state index contributed by atoms with van der Waals surface area (Å²) in [5.74, 6) is 2.51. The van der Waals surface area contributed by atoms with Crippen molar-refractivity contribution in [3.8, 4) is 0 Å². The minimum atomic E-state index is 0.600. The smallest absolute Gasteiger partial charge is 0.234 e. The van der Waals surface area contributed by atoms with Crippen LogP contribution < -0.4 is 5.32 Å². The van der Waals surface area contributed by atoms with Gasteiger partial charge in [0.05, 0.1) is 0 Å². The van der Waals surface area contributed by atoms with Gasteiger partial charge in [0, 0.05) is 12.3 Å². The molecule has 1 saturated carbocycles. The van der Waals surface area contributed by atoms with Crippen LogP contribution in [0.15, 0.2) is 0 Å². The van der Waals surface area contributed by atoms with Crippen molar-refractivity contribution in [2.75, 3.05) is 13.1 Å². The maximum absolute atomic E-state index is 4.75. The van der Waals surface area contributed by atoms with E-state index in [0.717, 1.165) is 23.1 Å². The second-order valence-electron chi connectivity index (χ2n) is 6.13. The zero-order valence-corrected chi connectivity index (χ0v) is 12.5. The summed E-state index contributed by atoms with van der Waals surface area (Å²) < 4.78 is 2.00. The average Bonchev–Trinajstić information content (AvgIpc) is 2.98. The fourth-order valence-electron chi connectivity index (χ4n) is 3.19. The summed E-state index contributed by atoms with van der Waals surface area (Å²) in [6.07, 6.45) is 8.85. The van der Waals surface area contributed by atoms with Gasteiger partial charge in [-0.3, -0.25) is 0 Å². The van der Waals surface area contributed by atoms with Gasteiger partial charge in [-0.25, -0.2) is 0 Å². The van der Waals surface area contributed by atoms with Crippen LogP contribution in [0.25, 0.3) is 4.96 Å². The number of nitrogens with one attached hydrogen (secondary N) is 1. The maximum Gasteiger partial charge on any atom is 0.234 e. The van der Waals surface area contributed by atoms with E-state index in [-0.39, 0.29) is 0 Å². The predicted octanol–water partition coefficient (Wildman–Crippen LogP) is 2.39. The van der Waals surface area contributed by atoms with Crippen LogP contribution in [0.1, 0.15) is 55.3 Å². The molecule has 1 aliphatic carbocycles. The first-order valence-electron chi connectivity index (χ1n) is 7.82. The Labute approximate surface area is 122 Å². The highest BCUT2D eigenvalue weighted by Gasteiger charge is 2.26. The van der Waals surface area contributed by atoms with Gasteiger partial charge in [0.1, 0.15) is 5.01 Å². The Balaban J connectivity index is 1.45. The lowest BCUT2D eigenvalue weighted by atomic mass is 9.85. The molecule has 0 amide bonds. The topological polar surface area (TPSA) is 55.1 Å². The van der Waals surface area contributed by atoms with Crippen LogP contribution in [0, 0.1) is 5.92 Å². The van der Waals surface area contributed by atoms with Crippen molar-refractivity contribution in [3.63, 3.8) is 0 Å². The third-order valence-electron chi connectivity index (χ3n) is 4.69. The fourth-order valence-corrected chi connectivity index (χ4v) is 4.05. The molecule has 108 valence electrons. The van der Waals surface area contributed by atoms with E-state index in [0.29, 0.717) is 5.92 Å². The second kappa shape index (κ2) is 5.41. The summed E-state index contributed by atoms with van der Waals surface area (Å²) in [6.45, 7) is 2.37. The fraction of sp³-hybridized carbons (Fsp3) is 0.786. The van der Waals surface area contributed by atoms with E-state index in [1.165, 1.54) is 56.6 Å². The van der Waals surface area contributed by atoms with E-state index in [1.54, 1.807) is 11.3 Å². The van der Waals surface area contributed by atoms with Crippen molar-refractivity contribution >= 4 is 16.3 Å². The maximum atomic E-state index is 4.75. The minimum absolute atomic E-state index is 0.600. The van der Waals surface area contributed by atoms with Gasteiger partial charge in [-0.15, -0.1) is 10.2 Å². The van der Waals surface area contributed by atoms with Crippen molar-refractivity contribution in [2.45, 2.75) is 50.9 Å². The number of hydrogen-bond donors (Lipinski definition) is 1. The van der Waals surface area contributed by atoms with Gasteiger partial charge in [-0.1, -0.05) is 17.8 Å². The Hall–Kier alpha value is -1.01. The van der Waals surface area contributed by atoms with Crippen molar-refractivity contribution in [2.24, 2.45) is 5.92 Å². The summed E-state index contributed by atoms with van der Waals surface area (Å²) in [7, 11) is 0. The molecule has 1 N–H and O–H groups in total. The minimum Gasteiger partial charge on any atom is -0.316 e. The first-order valence-corrected chi connectivity index (χ1v) is 8.63. The van der Waals surface area contributed by atoms with Gasteiger partial charge in [-0.05, 0) is 51.1 Å². The summed E-state index contributed by atoms with van der Waals surface area (Å²) >= 11 is 1.72. The van der Waals surface area contributed by atoms with Gasteiger partial charge in [0.2, 0.25) is 4.96 Å². The van der Waals surface area contributed by atoms with E-state index in [4.69, 9.17) is 5.10 Å². The summed E-state index contributed by atoms with van der Waals surface area (Å²) in [5, 5.41) is 18.1. The molecule has 5 nitrogen and oxygen atoms in total. The Kier molecular flexibility index (Phi) is 3.44. The number of aromatic nitrogens is 4.